The molecule has 46 heavy (non-hydrogen) atoms. The number of rotatable bonds is 6. The Hall–Kier alpha value is -5.32. The Morgan fingerprint density at radius 3 is 1.17 bits per heavy atom. The highest BCUT2D eigenvalue weighted by Gasteiger charge is 2.70. The SMILES string of the molecule is CN1C(=O)[C@]2(C[C@H](C(=O)c3ccccc3)N(c3ccccc3)O2)N(C)C(=O)[C@@]12C[C@@H](C(=O)c1ccccc1)N(c1ccccc1)O2. The third-order valence-electron chi connectivity index (χ3n) is 9.11. The number of carbonyl (C=O) groups excluding carboxylic acids is 4. The number of nitrogens with zero attached hydrogens (tertiary/aromatic N) is 4. The van der Waals surface area contributed by atoms with Crippen LogP contribution in [0.4, 0.5) is 11.4 Å². The molecule has 0 radical (unpaired) electrons. The molecule has 3 saturated heterocycles. The van der Waals surface area contributed by atoms with E-state index in [1.165, 1.54) is 34.0 Å². The van der Waals surface area contributed by atoms with Crippen LogP contribution in [0.25, 0.3) is 0 Å². The predicted octanol–water partition coefficient (Wildman–Crippen LogP) is 4.50. The molecule has 3 fully saturated rings. The van der Waals surface area contributed by atoms with Crippen molar-refractivity contribution in [3.8, 4) is 0 Å². The molecule has 10 nitrogen and oxygen atoms in total. The van der Waals surface area contributed by atoms with Crippen LogP contribution < -0.4 is 10.1 Å². The van der Waals surface area contributed by atoms with E-state index >= 15 is 0 Å². The topological polar surface area (TPSA) is 99.7 Å². The summed E-state index contributed by atoms with van der Waals surface area (Å²) in [6, 6.07) is 33.8. The van der Waals surface area contributed by atoms with Gasteiger partial charge in [0.05, 0.1) is 11.4 Å². The lowest BCUT2D eigenvalue weighted by Crippen LogP contribution is -2.75. The smallest absolute Gasteiger partial charge is 0.281 e. The lowest BCUT2D eigenvalue weighted by Gasteiger charge is -2.50. The molecule has 2 spiro atoms. The fourth-order valence-electron chi connectivity index (χ4n) is 6.61. The van der Waals surface area contributed by atoms with Gasteiger partial charge in [0.2, 0.25) is 0 Å². The summed E-state index contributed by atoms with van der Waals surface area (Å²) >= 11 is 0. The highest BCUT2D eigenvalue weighted by molar-refractivity contribution is 6.07. The molecule has 4 aromatic carbocycles. The van der Waals surface area contributed by atoms with Crippen LogP contribution in [-0.4, -0.2) is 70.8 Å². The van der Waals surface area contributed by atoms with Crippen molar-refractivity contribution < 1.29 is 28.9 Å². The van der Waals surface area contributed by atoms with Gasteiger partial charge in [0.15, 0.2) is 11.6 Å². The maximum absolute atomic E-state index is 14.6. The third kappa shape index (κ3) is 4.48. The molecule has 0 bridgehead atoms. The minimum Gasteiger partial charge on any atom is -0.303 e. The molecular weight excluding hydrogens is 584 g/mol. The summed E-state index contributed by atoms with van der Waals surface area (Å²) in [5.74, 6) is -1.64. The molecule has 10 heteroatoms. The van der Waals surface area contributed by atoms with Gasteiger partial charge in [-0.25, -0.2) is 19.8 Å². The number of anilines is 2. The fraction of sp³-hybridized carbons (Fsp3) is 0.222. The molecule has 0 unspecified atom stereocenters. The highest BCUT2D eigenvalue weighted by atomic mass is 16.7. The number of piperazine rings is 1. The van der Waals surface area contributed by atoms with Gasteiger partial charge in [-0.3, -0.25) is 19.2 Å². The quantitative estimate of drug-likeness (QED) is 0.292. The van der Waals surface area contributed by atoms with Gasteiger partial charge < -0.3 is 9.80 Å². The van der Waals surface area contributed by atoms with Crippen LogP contribution in [0.15, 0.2) is 121 Å². The van der Waals surface area contributed by atoms with Gasteiger partial charge in [-0.05, 0) is 24.3 Å². The summed E-state index contributed by atoms with van der Waals surface area (Å²) in [7, 11) is 2.96. The number of Topliss-reactive ketones (excluding diaryl/α,β-unsaturated/α-hetero) is 2. The first kappa shape index (κ1) is 29.4. The predicted molar refractivity (Wildman–Crippen MR) is 169 cm³/mol. The first-order valence-electron chi connectivity index (χ1n) is 15.1. The molecule has 4 aromatic rings. The molecule has 0 aromatic heterocycles. The van der Waals surface area contributed by atoms with Crippen LogP contribution in [-0.2, 0) is 19.3 Å². The standard InChI is InChI=1S/C36H32N4O6/c1-37-33(43)36(24-30(32(42)26-17-9-4-10-18-26)40(46-36)28-21-13-6-14-22-28)38(2)34(44)35(37)23-29(31(41)25-15-7-3-8-16-25)39(45-35)27-19-11-5-12-20-27/h3-22,29-30H,23-24H2,1-2H3/t29-,30+,35-,36+. The Morgan fingerprint density at radius 1 is 0.543 bits per heavy atom. The number of hydroxylamine groups is 2. The largest absolute Gasteiger partial charge is 0.303 e. The summed E-state index contributed by atoms with van der Waals surface area (Å²) in [6.07, 6.45) is -0.238. The van der Waals surface area contributed by atoms with Crippen LogP contribution in [0.2, 0.25) is 0 Å². The average molecular weight is 617 g/mol. The van der Waals surface area contributed by atoms with Crippen LogP contribution in [0, 0.1) is 0 Å². The van der Waals surface area contributed by atoms with Crippen LogP contribution in [0.1, 0.15) is 33.6 Å². The monoisotopic (exact) mass is 616 g/mol. The van der Waals surface area contributed by atoms with Crippen molar-refractivity contribution in [2.45, 2.75) is 36.4 Å². The third-order valence-corrected chi connectivity index (χ3v) is 9.11. The minimum atomic E-state index is -1.84. The number of hydrogen-bond acceptors (Lipinski definition) is 8. The van der Waals surface area contributed by atoms with Gasteiger partial charge in [0.25, 0.3) is 23.3 Å². The Balaban J connectivity index is 1.27. The van der Waals surface area contributed by atoms with Gasteiger partial charge in [-0.1, -0.05) is 97.1 Å². The molecule has 0 saturated carbocycles. The van der Waals surface area contributed by atoms with E-state index < -0.39 is 35.3 Å². The Bertz CT molecular complexity index is 1660. The van der Waals surface area contributed by atoms with Gasteiger partial charge in [-0.15, -0.1) is 0 Å². The number of likely N-dealkylation sites (N-methyl/N-ethyl adjacent to an activating group) is 2. The maximum Gasteiger partial charge on any atom is 0.281 e. The zero-order chi connectivity index (χ0) is 32.1. The minimum absolute atomic E-state index is 0.119. The van der Waals surface area contributed by atoms with Crippen molar-refractivity contribution in [1.82, 2.24) is 9.80 Å². The van der Waals surface area contributed by atoms with Crippen molar-refractivity contribution in [1.29, 1.82) is 0 Å². The molecule has 3 aliphatic heterocycles. The number of carbonyl (C=O) groups is 4. The molecule has 3 heterocycles. The van der Waals surface area contributed by atoms with E-state index in [1.807, 2.05) is 24.3 Å². The molecule has 0 N–H and O–H groups in total. The van der Waals surface area contributed by atoms with Crippen LogP contribution in [0.3, 0.4) is 0 Å². The van der Waals surface area contributed by atoms with E-state index in [9.17, 15) is 19.2 Å². The van der Waals surface area contributed by atoms with E-state index in [0.29, 0.717) is 22.5 Å². The zero-order valence-electron chi connectivity index (χ0n) is 25.4. The van der Waals surface area contributed by atoms with E-state index in [0.717, 1.165) is 0 Å². The molecule has 3 aliphatic rings. The van der Waals surface area contributed by atoms with E-state index in [2.05, 4.69) is 0 Å². The van der Waals surface area contributed by atoms with E-state index in [4.69, 9.17) is 9.68 Å². The summed E-state index contributed by atoms with van der Waals surface area (Å²) < 4.78 is 0. The van der Waals surface area contributed by atoms with Gasteiger partial charge in [-0.2, -0.15) is 0 Å². The average Bonchev–Trinajstić information content (AvgIpc) is 3.73. The second-order valence-corrected chi connectivity index (χ2v) is 11.7. The Kier molecular flexibility index (Phi) is 7.18. The summed E-state index contributed by atoms with van der Waals surface area (Å²) in [5.41, 5.74) is -1.65. The normalized spacial score (nSPS) is 26.0. The lowest BCUT2D eigenvalue weighted by atomic mass is 9.88. The van der Waals surface area contributed by atoms with E-state index in [1.54, 1.807) is 97.1 Å². The number of benzene rings is 4. The molecule has 7 rings (SSSR count). The molecule has 0 aliphatic carbocycles. The maximum atomic E-state index is 14.6. The molecule has 4 atom stereocenters. The molecule has 232 valence electrons. The first-order valence-corrected chi connectivity index (χ1v) is 15.1. The van der Waals surface area contributed by atoms with E-state index in [-0.39, 0.29) is 24.4 Å². The Labute approximate surface area is 266 Å². The zero-order valence-corrected chi connectivity index (χ0v) is 25.4. The van der Waals surface area contributed by atoms with Gasteiger partial charge in [0.1, 0.15) is 12.1 Å². The molecule has 2 amide bonds. The van der Waals surface area contributed by atoms with Crippen molar-refractivity contribution in [2.24, 2.45) is 0 Å². The second kappa shape index (κ2) is 11.2. The van der Waals surface area contributed by atoms with Gasteiger partial charge in [0, 0.05) is 38.1 Å². The summed E-state index contributed by atoms with van der Waals surface area (Å²) in [6.45, 7) is 0. The fourth-order valence-corrected chi connectivity index (χ4v) is 6.61. The highest BCUT2D eigenvalue weighted by Crippen LogP contribution is 2.48. The molecular formula is C36H32N4O6. The van der Waals surface area contributed by atoms with Crippen molar-refractivity contribution in [3.63, 3.8) is 0 Å². The number of ketones is 2. The summed E-state index contributed by atoms with van der Waals surface area (Å²) in [4.78, 5) is 72.4. The number of hydrogen-bond donors (Lipinski definition) is 0. The first-order chi connectivity index (χ1) is 22.3. The summed E-state index contributed by atoms with van der Waals surface area (Å²) in [5, 5.41) is 2.85. The van der Waals surface area contributed by atoms with Gasteiger partial charge >= 0.3 is 0 Å². The van der Waals surface area contributed by atoms with Crippen LogP contribution in [0.5, 0.6) is 0 Å². The van der Waals surface area contributed by atoms with Crippen molar-refractivity contribution in [2.75, 3.05) is 24.2 Å². The Morgan fingerprint density at radius 2 is 0.848 bits per heavy atom. The van der Waals surface area contributed by atoms with Crippen LogP contribution >= 0.6 is 0 Å². The number of para-hydroxylation sites is 2. The van der Waals surface area contributed by atoms with Crippen molar-refractivity contribution in [3.05, 3.63) is 132 Å². The second-order valence-electron chi connectivity index (χ2n) is 11.7. The van der Waals surface area contributed by atoms with Crippen molar-refractivity contribution >= 4 is 34.8 Å². The lowest BCUT2D eigenvalue weighted by molar-refractivity contribution is -0.233. The number of amides is 2.